The Kier molecular flexibility index (Phi) is 4.46. The van der Waals surface area contributed by atoms with Crippen LogP contribution in [0.5, 0.6) is 0 Å². The number of carbonyl (C=O) groups is 1. The summed E-state index contributed by atoms with van der Waals surface area (Å²) in [5.41, 5.74) is 0.675. The molecule has 0 aliphatic rings. The number of pyridine rings is 2. The van der Waals surface area contributed by atoms with Gasteiger partial charge in [-0.05, 0) is 46.5 Å². The van der Waals surface area contributed by atoms with E-state index in [1.165, 1.54) is 6.07 Å². The zero-order valence-electron chi connectivity index (χ0n) is 11.9. The second-order valence-corrected chi connectivity index (χ2v) is 5.77. The van der Waals surface area contributed by atoms with Crippen molar-refractivity contribution in [2.24, 2.45) is 0 Å². The number of hydrogen-bond acceptors (Lipinski definition) is 3. The minimum atomic E-state index is -0.692. The van der Waals surface area contributed by atoms with Crippen molar-refractivity contribution in [2.45, 2.75) is 26.7 Å². The molecule has 0 saturated carbocycles. The predicted molar refractivity (Wildman–Crippen MR) is 81.4 cm³/mol. The minimum absolute atomic E-state index is 0.0612. The Morgan fingerprint density at radius 2 is 2.10 bits per heavy atom. The van der Waals surface area contributed by atoms with E-state index in [1.54, 1.807) is 13.0 Å². The molecule has 2 rings (SSSR count). The van der Waals surface area contributed by atoms with Gasteiger partial charge in [-0.1, -0.05) is 13.8 Å². The molecule has 0 unspecified atom stereocenters. The monoisotopic (exact) mass is 355 g/mol. The van der Waals surface area contributed by atoms with E-state index in [2.05, 4.69) is 15.9 Å². The van der Waals surface area contributed by atoms with Gasteiger partial charge in [-0.25, -0.2) is 9.18 Å². The predicted octanol–water partition coefficient (Wildman–Crippen LogP) is 3.50. The van der Waals surface area contributed by atoms with E-state index in [-0.39, 0.29) is 22.6 Å². The number of halogens is 2. The van der Waals surface area contributed by atoms with E-state index in [9.17, 15) is 14.0 Å². The van der Waals surface area contributed by atoms with Crippen molar-refractivity contribution in [1.29, 1.82) is 0 Å². The molecule has 4 nitrogen and oxygen atoms in total. The maximum absolute atomic E-state index is 13.7. The zero-order valence-corrected chi connectivity index (χ0v) is 13.5. The molecular formula is C15H15BrFNO3. The number of hydrogen-bond donors (Lipinski definition) is 0. The number of ether oxygens (including phenoxy) is 1. The second kappa shape index (κ2) is 5.97. The van der Waals surface area contributed by atoms with Crippen LogP contribution in [0.4, 0.5) is 4.39 Å². The Morgan fingerprint density at radius 3 is 2.67 bits per heavy atom. The number of rotatable bonds is 3. The van der Waals surface area contributed by atoms with Gasteiger partial charge in [-0.3, -0.25) is 9.20 Å². The van der Waals surface area contributed by atoms with Gasteiger partial charge in [0, 0.05) is 6.20 Å². The molecule has 2 heterocycles. The number of aromatic nitrogens is 1. The van der Waals surface area contributed by atoms with E-state index >= 15 is 0 Å². The fourth-order valence-electron chi connectivity index (χ4n) is 2.13. The number of carbonyl (C=O) groups excluding carboxylic acids is 1. The molecule has 0 N–H and O–H groups in total. The minimum Gasteiger partial charge on any atom is -0.462 e. The molecule has 6 heteroatoms. The SMILES string of the molecule is CCOC(=O)c1cc(C(C)C)c2cc(Br)c(F)cn2c1=O. The first kappa shape index (κ1) is 15.7. The molecule has 0 atom stereocenters. The molecule has 0 aromatic carbocycles. The van der Waals surface area contributed by atoms with E-state index < -0.39 is 17.3 Å². The Hall–Kier alpha value is -1.69. The first-order valence-electron chi connectivity index (χ1n) is 6.58. The molecule has 0 fully saturated rings. The standard InChI is InChI=1S/C15H15BrFNO3/c1-4-21-15(20)10-5-9(8(2)3)13-6-11(16)12(17)7-18(13)14(10)19/h5-8H,4H2,1-3H3. The normalized spacial score (nSPS) is 11.1. The van der Waals surface area contributed by atoms with E-state index in [0.29, 0.717) is 5.52 Å². The summed E-state index contributed by atoms with van der Waals surface area (Å²) >= 11 is 3.11. The third-order valence-corrected chi connectivity index (χ3v) is 3.76. The van der Waals surface area contributed by atoms with Gasteiger partial charge in [0.2, 0.25) is 0 Å². The van der Waals surface area contributed by atoms with Crippen molar-refractivity contribution in [3.05, 3.63) is 50.1 Å². The van der Waals surface area contributed by atoms with Gasteiger partial charge >= 0.3 is 5.97 Å². The van der Waals surface area contributed by atoms with Crippen molar-refractivity contribution in [3.8, 4) is 0 Å². The molecule has 2 aromatic rings. The lowest BCUT2D eigenvalue weighted by Gasteiger charge is -2.14. The summed E-state index contributed by atoms with van der Waals surface area (Å²) in [5, 5.41) is 0. The lowest BCUT2D eigenvalue weighted by molar-refractivity contribution is 0.0524. The third kappa shape index (κ3) is 2.85. The molecule has 0 saturated heterocycles. The molecule has 0 aliphatic carbocycles. The van der Waals surface area contributed by atoms with Crippen molar-refractivity contribution in [3.63, 3.8) is 0 Å². The number of esters is 1. The third-order valence-electron chi connectivity index (χ3n) is 3.16. The van der Waals surface area contributed by atoms with Gasteiger partial charge in [0.05, 0.1) is 16.6 Å². The Bertz CT molecular complexity index is 768. The fourth-order valence-corrected chi connectivity index (χ4v) is 2.45. The largest absolute Gasteiger partial charge is 0.462 e. The molecule has 0 amide bonds. The quantitative estimate of drug-likeness (QED) is 0.791. The van der Waals surface area contributed by atoms with E-state index in [0.717, 1.165) is 16.2 Å². The van der Waals surface area contributed by atoms with Crippen LogP contribution in [0.2, 0.25) is 0 Å². The molecule has 0 radical (unpaired) electrons. The van der Waals surface area contributed by atoms with Crippen molar-refractivity contribution in [1.82, 2.24) is 4.40 Å². The Balaban J connectivity index is 2.86. The summed E-state index contributed by atoms with van der Waals surface area (Å²) in [6, 6.07) is 3.08. The number of nitrogens with zero attached hydrogens (tertiary/aromatic N) is 1. The zero-order chi connectivity index (χ0) is 15.7. The molecular weight excluding hydrogens is 341 g/mol. The first-order chi connectivity index (χ1) is 9.86. The number of fused-ring (bicyclic) bond motifs is 1. The maximum atomic E-state index is 13.7. The summed E-state index contributed by atoms with van der Waals surface area (Å²) in [4.78, 5) is 24.3. The Labute approximate surface area is 129 Å². The van der Waals surface area contributed by atoms with Gasteiger partial charge in [-0.2, -0.15) is 0 Å². The van der Waals surface area contributed by atoms with Gasteiger partial charge < -0.3 is 4.74 Å². The summed E-state index contributed by atoms with van der Waals surface area (Å²) in [6.07, 6.45) is 1.08. The molecule has 0 spiro atoms. The summed E-state index contributed by atoms with van der Waals surface area (Å²) in [6.45, 7) is 5.71. The average molecular weight is 356 g/mol. The van der Waals surface area contributed by atoms with Crippen LogP contribution in [0.1, 0.15) is 42.6 Å². The van der Waals surface area contributed by atoms with E-state index in [4.69, 9.17) is 4.74 Å². The second-order valence-electron chi connectivity index (χ2n) is 4.92. The lowest BCUT2D eigenvalue weighted by Crippen LogP contribution is -2.25. The highest BCUT2D eigenvalue weighted by Gasteiger charge is 2.19. The smallest absolute Gasteiger partial charge is 0.343 e. The van der Waals surface area contributed by atoms with Crippen LogP contribution >= 0.6 is 15.9 Å². The molecule has 2 aromatic heterocycles. The fraction of sp³-hybridized carbons (Fsp3) is 0.333. The van der Waals surface area contributed by atoms with Crippen LogP contribution in [-0.4, -0.2) is 17.0 Å². The summed E-state index contributed by atoms with van der Waals surface area (Å²) < 4.78 is 20.0. The molecule has 112 valence electrons. The highest BCUT2D eigenvalue weighted by molar-refractivity contribution is 9.10. The van der Waals surface area contributed by atoms with Crippen LogP contribution < -0.4 is 5.56 Å². The van der Waals surface area contributed by atoms with Crippen molar-refractivity contribution in [2.75, 3.05) is 6.61 Å². The van der Waals surface area contributed by atoms with E-state index in [1.807, 2.05) is 13.8 Å². The van der Waals surface area contributed by atoms with Gasteiger partial charge in [-0.15, -0.1) is 0 Å². The van der Waals surface area contributed by atoms with Gasteiger partial charge in [0.15, 0.2) is 5.82 Å². The Morgan fingerprint density at radius 1 is 1.43 bits per heavy atom. The molecule has 0 bridgehead atoms. The van der Waals surface area contributed by atoms with Gasteiger partial charge in [0.1, 0.15) is 5.56 Å². The van der Waals surface area contributed by atoms with Crippen LogP contribution in [0, 0.1) is 5.82 Å². The van der Waals surface area contributed by atoms with Crippen molar-refractivity contribution >= 4 is 27.4 Å². The topological polar surface area (TPSA) is 47.8 Å². The molecule has 0 aliphatic heterocycles. The van der Waals surface area contributed by atoms with Crippen LogP contribution in [-0.2, 0) is 4.74 Å². The summed E-state index contributed by atoms with van der Waals surface area (Å²) in [5.74, 6) is -1.20. The maximum Gasteiger partial charge on any atom is 0.343 e. The van der Waals surface area contributed by atoms with Crippen molar-refractivity contribution < 1.29 is 13.9 Å². The van der Waals surface area contributed by atoms with Gasteiger partial charge in [0.25, 0.3) is 5.56 Å². The highest BCUT2D eigenvalue weighted by Crippen LogP contribution is 2.25. The average Bonchev–Trinajstić information content (AvgIpc) is 2.41. The molecule has 21 heavy (non-hydrogen) atoms. The lowest BCUT2D eigenvalue weighted by atomic mass is 10.0. The van der Waals surface area contributed by atoms with Crippen LogP contribution in [0.3, 0.4) is 0 Å². The van der Waals surface area contributed by atoms with Crippen LogP contribution in [0.15, 0.2) is 27.6 Å². The van der Waals surface area contributed by atoms with Crippen LogP contribution in [0.25, 0.3) is 5.52 Å². The highest BCUT2D eigenvalue weighted by atomic mass is 79.9. The first-order valence-corrected chi connectivity index (χ1v) is 7.37. The summed E-state index contributed by atoms with van der Waals surface area (Å²) in [7, 11) is 0.